The predicted octanol–water partition coefficient (Wildman–Crippen LogP) is 2.42. The molecule has 0 atom stereocenters. The summed E-state index contributed by atoms with van der Waals surface area (Å²) in [6.07, 6.45) is 1.75. The number of benzene rings is 1. The first-order valence-corrected chi connectivity index (χ1v) is 5.98. The maximum Gasteiger partial charge on any atom is 0.133 e. The van der Waals surface area contributed by atoms with Crippen LogP contribution in [0.4, 0.5) is 4.39 Å². The van der Waals surface area contributed by atoms with E-state index in [1.807, 2.05) is 0 Å². The second kappa shape index (κ2) is 4.19. The van der Waals surface area contributed by atoms with E-state index in [2.05, 4.69) is 26.2 Å². The molecule has 1 saturated heterocycles. The molecule has 0 aliphatic carbocycles. The van der Waals surface area contributed by atoms with Crippen molar-refractivity contribution in [2.45, 2.75) is 6.04 Å². The molecule has 2 aromatic rings. The van der Waals surface area contributed by atoms with E-state index < -0.39 is 0 Å². The topological polar surface area (TPSA) is 39.9 Å². The summed E-state index contributed by atoms with van der Waals surface area (Å²) >= 11 is 3.22. The third kappa shape index (κ3) is 1.98. The van der Waals surface area contributed by atoms with Gasteiger partial charge >= 0.3 is 0 Å². The predicted molar refractivity (Wildman–Crippen MR) is 63.0 cm³/mol. The van der Waals surface area contributed by atoms with Crippen LogP contribution in [0.25, 0.3) is 11.3 Å². The van der Waals surface area contributed by atoms with Crippen LogP contribution in [-0.4, -0.2) is 28.2 Å². The fourth-order valence-electron chi connectivity index (χ4n) is 1.65. The van der Waals surface area contributed by atoms with E-state index in [9.17, 15) is 4.39 Å². The minimum Gasteiger partial charge on any atom is -0.377 e. The van der Waals surface area contributed by atoms with Crippen LogP contribution in [0, 0.1) is 5.82 Å². The maximum absolute atomic E-state index is 13.7. The lowest BCUT2D eigenvalue weighted by Gasteiger charge is -2.25. The van der Waals surface area contributed by atoms with Crippen LogP contribution in [0.3, 0.4) is 0 Å². The molecule has 88 valence electrons. The van der Waals surface area contributed by atoms with Gasteiger partial charge in [-0.15, -0.1) is 5.10 Å². The van der Waals surface area contributed by atoms with Gasteiger partial charge in [0.25, 0.3) is 0 Å². The average molecular weight is 298 g/mol. The third-order valence-corrected chi connectivity index (χ3v) is 3.21. The molecule has 4 nitrogen and oxygen atoms in total. The second-order valence-electron chi connectivity index (χ2n) is 3.90. The molecule has 17 heavy (non-hydrogen) atoms. The van der Waals surface area contributed by atoms with Crippen LogP contribution >= 0.6 is 15.9 Å². The monoisotopic (exact) mass is 297 g/mol. The molecule has 0 unspecified atom stereocenters. The van der Waals surface area contributed by atoms with Crippen molar-refractivity contribution in [3.8, 4) is 11.3 Å². The number of hydrogen-bond donors (Lipinski definition) is 0. The number of halogens is 2. The quantitative estimate of drug-likeness (QED) is 0.855. The molecule has 1 aliphatic heterocycles. The second-order valence-corrected chi connectivity index (χ2v) is 4.81. The summed E-state index contributed by atoms with van der Waals surface area (Å²) in [7, 11) is 0. The van der Waals surface area contributed by atoms with Crippen molar-refractivity contribution in [1.29, 1.82) is 0 Å². The Hall–Kier alpha value is -1.27. The van der Waals surface area contributed by atoms with Gasteiger partial charge in [-0.2, -0.15) is 0 Å². The summed E-state index contributed by atoms with van der Waals surface area (Å²) in [5.41, 5.74) is 1.00. The number of ether oxygens (including phenoxy) is 1. The summed E-state index contributed by atoms with van der Waals surface area (Å²) in [4.78, 5) is 0. The Labute approximate surface area is 106 Å². The highest BCUT2D eigenvalue weighted by Crippen LogP contribution is 2.25. The molecule has 1 aromatic carbocycles. The van der Waals surface area contributed by atoms with Crippen LogP contribution in [0.15, 0.2) is 28.9 Å². The molecule has 0 amide bonds. The third-order valence-electron chi connectivity index (χ3n) is 2.71. The minimum absolute atomic E-state index is 0.231. The smallest absolute Gasteiger partial charge is 0.133 e. The molecule has 6 heteroatoms. The van der Waals surface area contributed by atoms with Crippen LogP contribution in [0.2, 0.25) is 0 Å². The van der Waals surface area contributed by atoms with E-state index >= 15 is 0 Å². The lowest BCUT2D eigenvalue weighted by atomic mass is 10.1. The van der Waals surface area contributed by atoms with Crippen molar-refractivity contribution in [1.82, 2.24) is 15.0 Å². The van der Waals surface area contributed by atoms with Crippen molar-refractivity contribution in [2.75, 3.05) is 13.2 Å². The van der Waals surface area contributed by atoms with Gasteiger partial charge in [0.1, 0.15) is 17.6 Å². The first kappa shape index (κ1) is 10.9. The first-order valence-electron chi connectivity index (χ1n) is 5.19. The number of rotatable bonds is 2. The Morgan fingerprint density at radius 2 is 2.24 bits per heavy atom. The zero-order valence-corrected chi connectivity index (χ0v) is 10.4. The van der Waals surface area contributed by atoms with Gasteiger partial charge in [0, 0.05) is 10.0 Å². The largest absolute Gasteiger partial charge is 0.377 e. The fourth-order valence-corrected chi connectivity index (χ4v) is 1.98. The molecule has 0 saturated carbocycles. The van der Waals surface area contributed by atoms with Crippen molar-refractivity contribution < 1.29 is 9.13 Å². The van der Waals surface area contributed by atoms with E-state index in [-0.39, 0.29) is 11.9 Å². The van der Waals surface area contributed by atoms with E-state index in [1.165, 1.54) is 6.07 Å². The summed E-state index contributed by atoms with van der Waals surface area (Å²) in [5.74, 6) is -0.309. The van der Waals surface area contributed by atoms with E-state index in [4.69, 9.17) is 4.74 Å². The van der Waals surface area contributed by atoms with Gasteiger partial charge in [-0.3, -0.25) is 0 Å². The maximum atomic E-state index is 13.7. The van der Waals surface area contributed by atoms with Crippen LogP contribution in [0.1, 0.15) is 6.04 Å². The SMILES string of the molecule is Fc1cc(Br)ccc1-c1cn(C2COC2)nn1. The van der Waals surface area contributed by atoms with Crippen molar-refractivity contribution >= 4 is 15.9 Å². The summed E-state index contributed by atoms with van der Waals surface area (Å²) in [5, 5.41) is 7.97. The Bertz CT molecular complexity index is 553. The molecule has 1 aromatic heterocycles. The standard InChI is InChI=1S/C11H9BrFN3O/c12-7-1-2-9(10(13)3-7)11-4-16(15-14-11)8-5-17-6-8/h1-4,8H,5-6H2. The number of nitrogens with zero attached hydrogens (tertiary/aromatic N) is 3. The zero-order chi connectivity index (χ0) is 11.8. The zero-order valence-electron chi connectivity index (χ0n) is 8.81. The minimum atomic E-state index is -0.309. The Morgan fingerprint density at radius 1 is 1.41 bits per heavy atom. The molecule has 1 aliphatic rings. The average Bonchev–Trinajstić information content (AvgIpc) is 2.64. The lowest BCUT2D eigenvalue weighted by molar-refractivity contribution is -0.0293. The lowest BCUT2D eigenvalue weighted by Crippen LogP contribution is -2.30. The number of aromatic nitrogens is 3. The summed E-state index contributed by atoms with van der Waals surface area (Å²) in [6, 6.07) is 5.12. The highest BCUT2D eigenvalue weighted by Gasteiger charge is 2.22. The van der Waals surface area contributed by atoms with Crippen LogP contribution < -0.4 is 0 Å². The van der Waals surface area contributed by atoms with Gasteiger partial charge in [-0.25, -0.2) is 9.07 Å². The summed E-state index contributed by atoms with van der Waals surface area (Å²) in [6.45, 7) is 1.29. The van der Waals surface area contributed by atoms with Gasteiger partial charge in [-0.05, 0) is 18.2 Å². The van der Waals surface area contributed by atoms with Gasteiger partial charge in [0.15, 0.2) is 0 Å². The Kier molecular flexibility index (Phi) is 2.68. The van der Waals surface area contributed by atoms with E-state index in [0.717, 1.165) is 0 Å². The van der Waals surface area contributed by atoms with Crippen molar-refractivity contribution in [3.63, 3.8) is 0 Å². The number of hydrogen-bond acceptors (Lipinski definition) is 3. The molecular formula is C11H9BrFN3O. The Morgan fingerprint density at radius 3 is 2.88 bits per heavy atom. The van der Waals surface area contributed by atoms with E-state index in [1.54, 1.807) is 23.0 Å². The van der Waals surface area contributed by atoms with Crippen LogP contribution in [-0.2, 0) is 4.74 Å². The molecule has 2 heterocycles. The van der Waals surface area contributed by atoms with E-state index in [0.29, 0.717) is 28.9 Å². The van der Waals surface area contributed by atoms with Gasteiger partial charge in [0.05, 0.1) is 19.4 Å². The molecule has 3 rings (SSSR count). The fraction of sp³-hybridized carbons (Fsp3) is 0.273. The van der Waals surface area contributed by atoms with Crippen LogP contribution in [0.5, 0.6) is 0 Å². The van der Waals surface area contributed by atoms with Gasteiger partial charge in [-0.1, -0.05) is 21.1 Å². The normalized spacial score (nSPS) is 15.9. The molecule has 0 spiro atoms. The summed E-state index contributed by atoms with van der Waals surface area (Å²) < 4.78 is 21.2. The molecule has 0 N–H and O–H groups in total. The highest BCUT2D eigenvalue weighted by atomic mass is 79.9. The molecule has 0 bridgehead atoms. The Balaban J connectivity index is 1.94. The first-order chi connectivity index (χ1) is 8.24. The molecule has 0 radical (unpaired) electrons. The van der Waals surface area contributed by atoms with Gasteiger partial charge in [0.2, 0.25) is 0 Å². The van der Waals surface area contributed by atoms with Crippen molar-refractivity contribution in [3.05, 3.63) is 34.7 Å². The molecule has 1 fully saturated rings. The van der Waals surface area contributed by atoms with Crippen molar-refractivity contribution in [2.24, 2.45) is 0 Å². The van der Waals surface area contributed by atoms with Gasteiger partial charge < -0.3 is 4.74 Å². The highest BCUT2D eigenvalue weighted by molar-refractivity contribution is 9.10. The molecular weight excluding hydrogens is 289 g/mol.